The second kappa shape index (κ2) is 10.1. The van der Waals surface area contributed by atoms with E-state index in [4.69, 9.17) is 4.74 Å². The number of hydrogen-bond acceptors (Lipinski definition) is 7. The molecular formula is C23H29N5O2S. The highest BCUT2D eigenvalue weighted by Gasteiger charge is 2.21. The Labute approximate surface area is 187 Å². The Hall–Kier alpha value is -2.71. The number of carbonyl (C=O) groups excluding carboxylic acids is 1. The van der Waals surface area contributed by atoms with Gasteiger partial charge in [-0.1, -0.05) is 12.1 Å². The molecule has 1 N–H and O–H groups in total. The topological polar surface area (TPSA) is 70.6 Å². The molecule has 0 unspecified atom stereocenters. The van der Waals surface area contributed by atoms with E-state index in [9.17, 15) is 4.79 Å². The first kappa shape index (κ1) is 21.5. The van der Waals surface area contributed by atoms with Crippen LogP contribution in [-0.2, 0) is 11.2 Å². The zero-order valence-electron chi connectivity index (χ0n) is 18.1. The van der Waals surface area contributed by atoms with Gasteiger partial charge in [0.2, 0.25) is 5.91 Å². The van der Waals surface area contributed by atoms with Gasteiger partial charge in [-0.25, -0.2) is 9.97 Å². The lowest BCUT2D eigenvalue weighted by Gasteiger charge is -2.35. The molecule has 7 nitrogen and oxygen atoms in total. The molecule has 0 saturated carbocycles. The van der Waals surface area contributed by atoms with E-state index in [0.29, 0.717) is 13.1 Å². The van der Waals surface area contributed by atoms with Gasteiger partial charge in [-0.3, -0.25) is 9.69 Å². The van der Waals surface area contributed by atoms with Gasteiger partial charge in [-0.15, -0.1) is 11.3 Å². The van der Waals surface area contributed by atoms with Crippen LogP contribution in [0.5, 0.6) is 5.75 Å². The highest BCUT2D eigenvalue weighted by atomic mass is 32.1. The van der Waals surface area contributed by atoms with Crippen LogP contribution in [0.1, 0.15) is 19.4 Å². The Bertz CT molecular complexity index is 997. The third kappa shape index (κ3) is 5.71. The van der Waals surface area contributed by atoms with E-state index in [1.165, 1.54) is 5.56 Å². The molecule has 164 valence electrons. The van der Waals surface area contributed by atoms with Crippen LogP contribution in [-0.4, -0.2) is 66.1 Å². The molecule has 3 aromatic rings. The summed E-state index contributed by atoms with van der Waals surface area (Å²) in [5.41, 5.74) is 1.19. The molecule has 1 aromatic carbocycles. The van der Waals surface area contributed by atoms with Crippen molar-refractivity contribution in [2.75, 3.05) is 44.2 Å². The summed E-state index contributed by atoms with van der Waals surface area (Å²) in [4.78, 5) is 26.7. The molecule has 8 heteroatoms. The van der Waals surface area contributed by atoms with E-state index in [1.54, 1.807) is 17.7 Å². The fourth-order valence-electron chi connectivity index (χ4n) is 3.76. The number of thiophene rings is 1. The summed E-state index contributed by atoms with van der Waals surface area (Å²) in [5.74, 6) is 1.96. The van der Waals surface area contributed by atoms with Gasteiger partial charge in [0.05, 0.1) is 18.0 Å². The number of benzene rings is 1. The molecule has 3 heterocycles. The number of ether oxygens (including phenoxy) is 1. The summed E-state index contributed by atoms with van der Waals surface area (Å²) in [6.45, 7) is 8.52. The first-order chi connectivity index (χ1) is 15.1. The van der Waals surface area contributed by atoms with Crippen LogP contribution in [0.15, 0.2) is 42.0 Å². The summed E-state index contributed by atoms with van der Waals surface area (Å²) >= 11 is 1.64. The molecule has 1 aliphatic heterocycles. The second-order valence-corrected chi connectivity index (χ2v) is 8.90. The molecule has 31 heavy (non-hydrogen) atoms. The van der Waals surface area contributed by atoms with Crippen molar-refractivity contribution >= 4 is 33.3 Å². The smallest absolute Gasteiger partial charge is 0.234 e. The molecule has 0 bridgehead atoms. The largest absolute Gasteiger partial charge is 0.491 e. The number of fused-ring (bicyclic) bond motifs is 1. The number of anilines is 1. The monoisotopic (exact) mass is 439 g/mol. The molecule has 4 rings (SSSR count). The maximum absolute atomic E-state index is 12.4. The molecule has 1 fully saturated rings. The third-order valence-electron chi connectivity index (χ3n) is 5.31. The lowest BCUT2D eigenvalue weighted by molar-refractivity contribution is -0.122. The molecule has 1 amide bonds. The van der Waals surface area contributed by atoms with Crippen LogP contribution in [0, 0.1) is 0 Å². The minimum absolute atomic E-state index is 0.0791. The van der Waals surface area contributed by atoms with Crippen molar-refractivity contribution < 1.29 is 9.53 Å². The average Bonchev–Trinajstić information content (AvgIpc) is 3.24. The Morgan fingerprint density at radius 2 is 1.90 bits per heavy atom. The van der Waals surface area contributed by atoms with Crippen LogP contribution in [0.3, 0.4) is 0 Å². The van der Waals surface area contributed by atoms with Crippen molar-refractivity contribution in [3.05, 3.63) is 47.6 Å². The minimum atomic E-state index is 0.0791. The van der Waals surface area contributed by atoms with Crippen molar-refractivity contribution in [2.45, 2.75) is 26.4 Å². The molecule has 0 spiro atoms. The number of piperazine rings is 1. The van der Waals surface area contributed by atoms with E-state index in [1.807, 2.05) is 26.0 Å². The van der Waals surface area contributed by atoms with E-state index < -0.39 is 0 Å². The number of aromatic nitrogens is 2. The molecule has 1 saturated heterocycles. The van der Waals surface area contributed by atoms with Crippen molar-refractivity contribution in [2.24, 2.45) is 0 Å². The molecular weight excluding hydrogens is 410 g/mol. The molecule has 0 atom stereocenters. The predicted octanol–water partition coefficient (Wildman–Crippen LogP) is 2.96. The maximum Gasteiger partial charge on any atom is 0.234 e. The zero-order chi connectivity index (χ0) is 21.6. The van der Waals surface area contributed by atoms with E-state index in [2.05, 4.69) is 48.7 Å². The van der Waals surface area contributed by atoms with Gasteiger partial charge in [-0.05, 0) is 49.4 Å². The number of nitrogens with zero attached hydrogens (tertiary/aromatic N) is 4. The summed E-state index contributed by atoms with van der Waals surface area (Å²) in [6, 6.07) is 10.2. The summed E-state index contributed by atoms with van der Waals surface area (Å²) in [5, 5.41) is 6.21. The van der Waals surface area contributed by atoms with Crippen LogP contribution in [0.2, 0.25) is 0 Å². The predicted molar refractivity (Wildman–Crippen MR) is 125 cm³/mol. The SMILES string of the molecule is CC(C)Oc1ccc(CCNC(=O)CN2CCN(c3ncnc4sccc34)CC2)cc1. The summed E-state index contributed by atoms with van der Waals surface area (Å²) in [7, 11) is 0. The second-order valence-electron chi connectivity index (χ2n) is 8.01. The summed E-state index contributed by atoms with van der Waals surface area (Å²) in [6.07, 6.45) is 2.62. The zero-order valence-corrected chi connectivity index (χ0v) is 18.9. The van der Waals surface area contributed by atoms with Crippen LogP contribution in [0.25, 0.3) is 10.2 Å². The Morgan fingerprint density at radius 3 is 2.65 bits per heavy atom. The highest BCUT2D eigenvalue weighted by molar-refractivity contribution is 7.16. The minimum Gasteiger partial charge on any atom is -0.491 e. The van der Waals surface area contributed by atoms with Gasteiger partial charge in [0.1, 0.15) is 22.7 Å². The van der Waals surface area contributed by atoms with Crippen LogP contribution >= 0.6 is 11.3 Å². The van der Waals surface area contributed by atoms with Gasteiger partial charge in [0.25, 0.3) is 0 Å². The van der Waals surface area contributed by atoms with Gasteiger partial charge < -0.3 is 15.0 Å². The number of rotatable bonds is 8. The lowest BCUT2D eigenvalue weighted by Crippen LogP contribution is -2.49. The quantitative estimate of drug-likeness (QED) is 0.582. The first-order valence-corrected chi connectivity index (χ1v) is 11.6. The normalized spacial score (nSPS) is 14.9. The lowest BCUT2D eigenvalue weighted by atomic mass is 10.1. The third-order valence-corrected chi connectivity index (χ3v) is 6.13. The molecule has 2 aromatic heterocycles. The van der Waals surface area contributed by atoms with E-state index >= 15 is 0 Å². The first-order valence-electron chi connectivity index (χ1n) is 10.8. The Morgan fingerprint density at radius 1 is 1.13 bits per heavy atom. The summed E-state index contributed by atoms with van der Waals surface area (Å²) < 4.78 is 5.66. The van der Waals surface area contributed by atoms with Gasteiger partial charge in [0.15, 0.2) is 0 Å². The van der Waals surface area contributed by atoms with Crippen LogP contribution in [0.4, 0.5) is 5.82 Å². The van der Waals surface area contributed by atoms with Crippen LogP contribution < -0.4 is 15.0 Å². The van der Waals surface area contributed by atoms with Crippen molar-refractivity contribution in [3.8, 4) is 5.75 Å². The van der Waals surface area contributed by atoms with Gasteiger partial charge >= 0.3 is 0 Å². The van der Waals surface area contributed by atoms with Crippen molar-refractivity contribution in [1.82, 2.24) is 20.2 Å². The molecule has 0 aliphatic carbocycles. The van der Waals surface area contributed by atoms with Crippen molar-refractivity contribution in [3.63, 3.8) is 0 Å². The van der Waals surface area contributed by atoms with E-state index in [-0.39, 0.29) is 12.0 Å². The van der Waals surface area contributed by atoms with Crippen molar-refractivity contribution in [1.29, 1.82) is 0 Å². The fourth-order valence-corrected chi connectivity index (χ4v) is 4.49. The number of amides is 1. The standard InChI is InChI=1S/C23H29N5O2S/c1-17(2)30-19-5-3-18(4-6-19)7-9-24-21(29)15-27-10-12-28(13-11-27)22-20-8-14-31-23(20)26-16-25-22/h3-6,8,14,16-17H,7,9-13,15H2,1-2H3,(H,24,29). The number of nitrogens with one attached hydrogen (secondary N) is 1. The van der Waals surface area contributed by atoms with Gasteiger partial charge in [0, 0.05) is 32.7 Å². The number of carbonyl (C=O) groups is 1. The Balaban J connectivity index is 1.18. The average molecular weight is 440 g/mol. The highest BCUT2D eigenvalue weighted by Crippen LogP contribution is 2.27. The maximum atomic E-state index is 12.4. The molecule has 1 aliphatic rings. The van der Waals surface area contributed by atoms with Gasteiger partial charge in [-0.2, -0.15) is 0 Å². The number of hydrogen-bond donors (Lipinski definition) is 1. The fraction of sp³-hybridized carbons (Fsp3) is 0.435. The van der Waals surface area contributed by atoms with E-state index in [0.717, 1.165) is 54.4 Å². The Kier molecular flexibility index (Phi) is 6.99. The molecule has 0 radical (unpaired) electrons.